The van der Waals surface area contributed by atoms with Crippen LogP contribution >= 0.6 is 12.4 Å². The predicted molar refractivity (Wildman–Crippen MR) is 56.8 cm³/mol. The molecule has 0 aliphatic carbocycles. The van der Waals surface area contributed by atoms with Crippen molar-refractivity contribution in [2.75, 3.05) is 0 Å². The highest BCUT2D eigenvalue weighted by Gasteiger charge is 2.20. The van der Waals surface area contributed by atoms with Crippen molar-refractivity contribution < 1.29 is 18.3 Å². The van der Waals surface area contributed by atoms with Gasteiger partial charge >= 0.3 is 0 Å². The van der Waals surface area contributed by atoms with Crippen LogP contribution in [0.3, 0.4) is 0 Å². The lowest BCUT2D eigenvalue weighted by Crippen LogP contribution is -2.26. The molecule has 0 spiro atoms. The molecule has 0 aromatic heterocycles. The van der Waals surface area contributed by atoms with Crippen molar-refractivity contribution >= 4 is 12.4 Å². The lowest BCUT2D eigenvalue weighted by molar-refractivity contribution is 0.139. The molecular weight excluding hydrogens is 243 g/mol. The van der Waals surface area contributed by atoms with E-state index in [-0.39, 0.29) is 18.0 Å². The number of nitrogens with two attached hydrogens (primary N) is 1. The second-order valence-corrected chi connectivity index (χ2v) is 3.29. The smallest absolute Gasteiger partial charge is 0.161 e. The summed E-state index contributed by atoms with van der Waals surface area (Å²) < 4.78 is 38.6. The van der Waals surface area contributed by atoms with Crippen LogP contribution in [0, 0.1) is 17.5 Å². The molecule has 1 aromatic carbocycles. The van der Waals surface area contributed by atoms with E-state index >= 15 is 0 Å². The Hall–Kier alpha value is -0.780. The average molecular weight is 256 g/mol. The summed E-state index contributed by atoms with van der Waals surface area (Å²) in [6.07, 6.45) is -0.677. The van der Waals surface area contributed by atoms with E-state index in [1.54, 1.807) is 6.92 Å². The maximum atomic E-state index is 13.2. The molecule has 1 aromatic rings. The van der Waals surface area contributed by atoms with Crippen LogP contribution in [0.2, 0.25) is 0 Å². The molecule has 0 aliphatic heterocycles. The van der Waals surface area contributed by atoms with Gasteiger partial charge < -0.3 is 10.8 Å². The SMILES string of the molecule is CC[C@@H](O)[C@@H](N)c1cc(F)c(F)cc1F.Cl. The molecule has 0 fully saturated rings. The normalized spacial score (nSPS) is 14.1. The minimum atomic E-state index is -1.27. The first-order valence-electron chi connectivity index (χ1n) is 4.55. The molecule has 0 unspecified atom stereocenters. The highest BCUT2D eigenvalue weighted by Crippen LogP contribution is 2.22. The van der Waals surface area contributed by atoms with Crippen LogP contribution in [0.5, 0.6) is 0 Å². The maximum Gasteiger partial charge on any atom is 0.161 e. The van der Waals surface area contributed by atoms with Gasteiger partial charge in [-0.15, -0.1) is 12.4 Å². The Balaban J connectivity index is 0.00000225. The van der Waals surface area contributed by atoms with Gasteiger partial charge in [0.1, 0.15) is 5.82 Å². The Labute approximate surface area is 97.7 Å². The summed E-state index contributed by atoms with van der Waals surface area (Å²) in [5.74, 6) is -3.39. The number of aliphatic hydroxyl groups excluding tert-OH is 1. The van der Waals surface area contributed by atoms with Crippen molar-refractivity contribution in [3.63, 3.8) is 0 Å². The van der Waals surface area contributed by atoms with Crippen molar-refractivity contribution in [2.45, 2.75) is 25.5 Å². The summed E-state index contributed by atoms with van der Waals surface area (Å²) in [6, 6.07) is 0.0475. The quantitative estimate of drug-likeness (QED) is 0.814. The first-order chi connectivity index (χ1) is 6.97. The highest BCUT2D eigenvalue weighted by atomic mass is 35.5. The Bertz CT molecular complexity index is 362. The molecule has 2 nitrogen and oxygen atoms in total. The summed E-state index contributed by atoms with van der Waals surface area (Å²) in [5.41, 5.74) is 5.27. The zero-order valence-electron chi connectivity index (χ0n) is 8.58. The third kappa shape index (κ3) is 3.10. The van der Waals surface area contributed by atoms with Crippen molar-refractivity contribution in [2.24, 2.45) is 5.73 Å². The molecule has 6 heteroatoms. The number of rotatable bonds is 3. The highest BCUT2D eigenvalue weighted by molar-refractivity contribution is 5.85. The Morgan fingerprint density at radius 3 is 2.19 bits per heavy atom. The van der Waals surface area contributed by atoms with Crippen molar-refractivity contribution in [3.05, 3.63) is 35.1 Å². The summed E-state index contributed by atoms with van der Waals surface area (Å²) in [5, 5.41) is 9.36. The number of hydrogen-bond donors (Lipinski definition) is 2. The van der Waals surface area contributed by atoms with Crippen LogP contribution in [-0.2, 0) is 0 Å². The maximum absolute atomic E-state index is 13.2. The van der Waals surface area contributed by atoms with Gasteiger partial charge in [0.05, 0.1) is 12.1 Å². The first kappa shape index (κ1) is 15.2. The lowest BCUT2D eigenvalue weighted by atomic mass is 10.00. The molecular formula is C10H13ClF3NO. The average Bonchev–Trinajstić information content (AvgIpc) is 2.21. The molecule has 3 N–H and O–H groups in total. The van der Waals surface area contributed by atoms with Gasteiger partial charge in [-0.25, -0.2) is 13.2 Å². The molecule has 0 amide bonds. The Morgan fingerprint density at radius 1 is 1.19 bits per heavy atom. The third-order valence-corrected chi connectivity index (χ3v) is 2.23. The minimum Gasteiger partial charge on any atom is -0.391 e. The number of hydrogen-bond acceptors (Lipinski definition) is 2. The largest absolute Gasteiger partial charge is 0.391 e. The topological polar surface area (TPSA) is 46.2 Å². The van der Waals surface area contributed by atoms with Gasteiger partial charge in [-0.1, -0.05) is 6.92 Å². The van der Waals surface area contributed by atoms with Crippen LogP contribution < -0.4 is 5.73 Å². The van der Waals surface area contributed by atoms with E-state index in [4.69, 9.17) is 5.73 Å². The Morgan fingerprint density at radius 2 is 1.69 bits per heavy atom. The number of aliphatic hydroxyl groups is 1. The molecule has 0 saturated heterocycles. The van der Waals surface area contributed by atoms with E-state index in [1.807, 2.05) is 0 Å². The van der Waals surface area contributed by atoms with E-state index in [0.29, 0.717) is 18.6 Å². The van der Waals surface area contributed by atoms with Crippen molar-refractivity contribution in [1.29, 1.82) is 0 Å². The van der Waals surface area contributed by atoms with Crippen LogP contribution in [0.15, 0.2) is 12.1 Å². The van der Waals surface area contributed by atoms with Crippen molar-refractivity contribution in [3.8, 4) is 0 Å². The van der Waals surface area contributed by atoms with Crippen molar-refractivity contribution in [1.82, 2.24) is 0 Å². The van der Waals surface area contributed by atoms with E-state index < -0.39 is 29.6 Å². The molecule has 2 atom stereocenters. The predicted octanol–water partition coefficient (Wildman–Crippen LogP) is 2.30. The fraction of sp³-hybridized carbons (Fsp3) is 0.400. The van der Waals surface area contributed by atoms with E-state index in [1.165, 1.54) is 0 Å². The molecule has 0 heterocycles. The van der Waals surface area contributed by atoms with Crippen LogP contribution in [0.1, 0.15) is 24.9 Å². The van der Waals surface area contributed by atoms with E-state index in [0.717, 1.165) is 0 Å². The molecule has 16 heavy (non-hydrogen) atoms. The van der Waals surface area contributed by atoms with Gasteiger partial charge in [-0.05, 0) is 12.5 Å². The summed E-state index contributed by atoms with van der Waals surface area (Å²) >= 11 is 0. The van der Waals surface area contributed by atoms with E-state index in [9.17, 15) is 18.3 Å². The summed E-state index contributed by atoms with van der Waals surface area (Å²) in [6.45, 7) is 1.66. The van der Waals surface area contributed by atoms with Gasteiger partial charge in [0.25, 0.3) is 0 Å². The standard InChI is InChI=1S/C10H12F3NO.ClH/c1-2-9(15)10(14)5-3-7(12)8(13)4-6(5)11;/h3-4,9-10,15H,2,14H2,1H3;1H/t9-,10+;/m1./s1. The van der Waals surface area contributed by atoms with E-state index in [2.05, 4.69) is 0 Å². The second kappa shape index (κ2) is 6.08. The zero-order chi connectivity index (χ0) is 11.6. The first-order valence-corrected chi connectivity index (χ1v) is 4.55. The fourth-order valence-corrected chi connectivity index (χ4v) is 1.25. The Kier molecular flexibility index (Phi) is 5.78. The third-order valence-electron chi connectivity index (χ3n) is 2.23. The minimum absolute atomic E-state index is 0. The van der Waals surface area contributed by atoms with Crippen LogP contribution in [-0.4, -0.2) is 11.2 Å². The van der Waals surface area contributed by atoms with Crippen LogP contribution in [0.25, 0.3) is 0 Å². The monoisotopic (exact) mass is 255 g/mol. The second-order valence-electron chi connectivity index (χ2n) is 3.29. The molecule has 92 valence electrons. The molecule has 1 rings (SSSR count). The number of benzene rings is 1. The van der Waals surface area contributed by atoms with Crippen LogP contribution in [0.4, 0.5) is 13.2 Å². The summed E-state index contributed by atoms with van der Waals surface area (Å²) in [4.78, 5) is 0. The number of halogens is 4. The summed E-state index contributed by atoms with van der Waals surface area (Å²) in [7, 11) is 0. The van der Waals surface area contributed by atoms with Gasteiger partial charge in [0.15, 0.2) is 11.6 Å². The molecule has 0 saturated carbocycles. The van der Waals surface area contributed by atoms with Gasteiger partial charge in [0, 0.05) is 11.6 Å². The molecule has 0 aliphatic rings. The fourth-order valence-electron chi connectivity index (χ4n) is 1.25. The van der Waals surface area contributed by atoms with Gasteiger partial charge in [-0.3, -0.25) is 0 Å². The van der Waals surface area contributed by atoms with Gasteiger partial charge in [0.2, 0.25) is 0 Å². The zero-order valence-corrected chi connectivity index (χ0v) is 9.40. The van der Waals surface area contributed by atoms with Gasteiger partial charge in [-0.2, -0.15) is 0 Å². The molecule has 0 radical (unpaired) electrons. The molecule has 0 bridgehead atoms. The lowest BCUT2D eigenvalue weighted by Gasteiger charge is -2.18.